The Balaban J connectivity index is 2.19. The van der Waals surface area contributed by atoms with E-state index < -0.39 is 0 Å². The van der Waals surface area contributed by atoms with Crippen molar-refractivity contribution in [1.82, 2.24) is 0 Å². The number of carbonyl (C=O) groups is 1. The molecule has 0 aliphatic rings. The number of ether oxygens (including phenoxy) is 2. The molecule has 2 aromatic rings. The summed E-state index contributed by atoms with van der Waals surface area (Å²) in [5.41, 5.74) is 1.39. The van der Waals surface area contributed by atoms with Crippen molar-refractivity contribution in [2.75, 3.05) is 7.11 Å². The minimum absolute atomic E-state index is 0.297. The van der Waals surface area contributed by atoms with Crippen LogP contribution in [0.2, 0.25) is 5.02 Å². The molecule has 0 radical (unpaired) electrons. The molecule has 0 spiro atoms. The monoisotopic (exact) mass is 354 g/mol. The highest BCUT2D eigenvalue weighted by Crippen LogP contribution is 2.29. The van der Waals surface area contributed by atoms with Gasteiger partial charge in [-0.3, -0.25) is 4.79 Å². The zero-order valence-electron chi connectivity index (χ0n) is 10.7. The van der Waals surface area contributed by atoms with Crippen molar-refractivity contribution in [3.63, 3.8) is 0 Å². The van der Waals surface area contributed by atoms with Crippen molar-refractivity contribution in [3.05, 3.63) is 57.0 Å². The Kier molecular flexibility index (Phi) is 5.04. The third-order valence-corrected chi connectivity index (χ3v) is 3.57. The molecule has 0 aliphatic heterocycles. The Hall–Kier alpha value is -1.52. The molecule has 0 N–H and O–H groups in total. The average Bonchev–Trinajstić information content (AvgIpc) is 2.46. The predicted molar refractivity (Wildman–Crippen MR) is 81.9 cm³/mol. The maximum Gasteiger partial charge on any atom is 0.150 e. The summed E-state index contributed by atoms with van der Waals surface area (Å²) in [6.45, 7) is 0.297. The molecule has 3 nitrogen and oxygen atoms in total. The van der Waals surface area contributed by atoms with Crippen LogP contribution in [0.4, 0.5) is 0 Å². The Labute approximate surface area is 130 Å². The maximum atomic E-state index is 10.8. The van der Waals surface area contributed by atoms with Gasteiger partial charge in [-0.15, -0.1) is 0 Å². The van der Waals surface area contributed by atoms with Crippen molar-refractivity contribution in [2.24, 2.45) is 0 Å². The zero-order chi connectivity index (χ0) is 14.5. The minimum Gasteiger partial charge on any atom is -0.496 e. The lowest BCUT2D eigenvalue weighted by molar-refractivity contribution is 0.112. The molecule has 0 aliphatic carbocycles. The highest BCUT2D eigenvalue weighted by molar-refractivity contribution is 9.10. The fourth-order valence-electron chi connectivity index (χ4n) is 1.73. The molecule has 0 amide bonds. The van der Waals surface area contributed by atoms with Gasteiger partial charge in [0.15, 0.2) is 0 Å². The molecule has 0 saturated heterocycles. The van der Waals surface area contributed by atoms with E-state index in [1.54, 1.807) is 43.5 Å². The number of hydrogen-bond acceptors (Lipinski definition) is 3. The van der Waals surface area contributed by atoms with Gasteiger partial charge in [0.1, 0.15) is 24.4 Å². The summed E-state index contributed by atoms with van der Waals surface area (Å²) in [5, 5.41) is 0.629. The van der Waals surface area contributed by atoms with Crippen molar-refractivity contribution in [3.8, 4) is 11.5 Å². The van der Waals surface area contributed by atoms with E-state index in [0.717, 1.165) is 16.3 Å². The summed E-state index contributed by atoms with van der Waals surface area (Å²) in [4.78, 5) is 10.8. The standard InChI is InChI=1S/C15H12BrClO3/c1-19-14-4-2-10(8-18)6-11(14)9-20-15-5-3-12(17)7-13(15)16/h2-8H,9H2,1H3. The molecule has 0 unspecified atom stereocenters. The number of carbonyl (C=O) groups excluding carboxylic acids is 1. The van der Waals surface area contributed by atoms with Gasteiger partial charge in [0, 0.05) is 16.1 Å². The molecule has 20 heavy (non-hydrogen) atoms. The fraction of sp³-hybridized carbons (Fsp3) is 0.133. The lowest BCUT2D eigenvalue weighted by Gasteiger charge is -2.12. The molecule has 0 saturated carbocycles. The van der Waals surface area contributed by atoms with Crippen LogP contribution < -0.4 is 9.47 Å². The van der Waals surface area contributed by atoms with Crippen molar-refractivity contribution >= 4 is 33.8 Å². The second-order valence-corrected chi connectivity index (χ2v) is 5.34. The number of benzene rings is 2. The lowest BCUT2D eigenvalue weighted by atomic mass is 10.1. The van der Waals surface area contributed by atoms with Gasteiger partial charge >= 0.3 is 0 Å². The number of aldehydes is 1. The third-order valence-electron chi connectivity index (χ3n) is 2.72. The predicted octanol–water partition coefficient (Wildman–Crippen LogP) is 4.50. The molecule has 0 aromatic heterocycles. The first-order valence-electron chi connectivity index (χ1n) is 5.84. The van der Waals surface area contributed by atoms with Crippen LogP contribution in [0, 0.1) is 0 Å². The largest absolute Gasteiger partial charge is 0.496 e. The van der Waals surface area contributed by atoms with Crippen molar-refractivity contribution < 1.29 is 14.3 Å². The molecule has 5 heteroatoms. The molecular weight excluding hydrogens is 344 g/mol. The quantitative estimate of drug-likeness (QED) is 0.741. The van der Waals surface area contributed by atoms with Crippen LogP contribution in [0.3, 0.4) is 0 Å². The summed E-state index contributed by atoms with van der Waals surface area (Å²) in [6.07, 6.45) is 0.793. The van der Waals surface area contributed by atoms with Crippen LogP contribution in [0.5, 0.6) is 11.5 Å². The van der Waals surface area contributed by atoms with E-state index in [0.29, 0.717) is 28.7 Å². The number of hydrogen-bond donors (Lipinski definition) is 0. The molecule has 0 bridgehead atoms. The lowest BCUT2D eigenvalue weighted by Crippen LogP contribution is -2.00. The fourth-order valence-corrected chi connectivity index (χ4v) is 2.53. The van der Waals surface area contributed by atoms with E-state index in [9.17, 15) is 4.79 Å². The van der Waals surface area contributed by atoms with Gasteiger partial charge in [-0.2, -0.15) is 0 Å². The zero-order valence-corrected chi connectivity index (χ0v) is 13.1. The average molecular weight is 356 g/mol. The Morgan fingerprint density at radius 2 is 1.95 bits per heavy atom. The van der Waals surface area contributed by atoms with Crippen molar-refractivity contribution in [1.29, 1.82) is 0 Å². The second-order valence-electron chi connectivity index (χ2n) is 4.05. The molecular formula is C15H12BrClO3. The second kappa shape index (κ2) is 6.77. The van der Waals surface area contributed by atoms with E-state index in [1.165, 1.54) is 0 Å². The summed E-state index contributed by atoms with van der Waals surface area (Å²) < 4.78 is 11.7. The highest BCUT2D eigenvalue weighted by atomic mass is 79.9. The van der Waals surface area contributed by atoms with E-state index in [2.05, 4.69) is 15.9 Å². The minimum atomic E-state index is 0.297. The van der Waals surface area contributed by atoms with Crippen LogP contribution in [0.25, 0.3) is 0 Å². The molecule has 0 atom stereocenters. The SMILES string of the molecule is COc1ccc(C=O)cc1COc1ccc(Cl)cc1Br. The smallest absolute Gasteiger partial charge is 0.150 e. The highest BCUT2D eigenvalue weighted by Gasteiger charge is 2.07. The van der Waals surface area contributed by atoms with Crippen LogP contribution in [-0.2, 0) is 6.61 Å². The van der Waals surface area contributed by atoms with E-state index >= 15 is 0 Å². The van der Waals surface area contributed by atoms with Gasteiger partial charge < -0.3 is 9.47 Å². The van der Waals surface area contributed by atoms with E-state index in [4.69, 9.17) is 21.1 Å². The first-order chi connectivity index (χ1) is 9.63. The van der Waals surface area contributed by atoms with Gasteiger partial charge in [0.05, 0.1) is 11.6 Å². The molecule has 104 valence electrons. The van der Waals surface area contributed by atoms with E-state index in [1.807, 2.05) is 0 Å². The van der Waals surface area contributed by atoms with Gasteiger partial charge in [-0.05, 0) is 52.3 Å². The molecule has 2 aromatic carbocycles. The third kappa shape index (κ3) is 3.52. The topological polar surface area (TPSA) is 35.5 Å². The van der Waals surface area contributed by atoms with Crippen molar-refractivity contribution in [2.45, 2.75) is 6.61 Å². The first-order valence-corrected chi connectivity index (χ1v) is 7.01. The summed E-state index contributed by atoms with van der Waals surface area (Å²) in [5.74, 6) is 1.36. The van der Waals surface area contributed by atoms with Gasteiger partial charge in [-0.1, -0.05) is 11.6 Å². The number of rotatable bonds is 5. The molecule has 0 heterocycles. The van der Waals surface area contributed by atoms with E-state index in [-0.39, 0.29) is 0 Å². The number of methoxy groups -OCH3 is 1. The van der Waals surface area contributed by atoms with Crippen LogP contribution >= 0.6 is 27.5 Å². The van der Waals surface area contributed by atoms with Crippen LogP contribution in [-0.4, -0.2) is 13.4 Å². The van der Waals surface area contributed by atoms with Crippen LogP contribution in [0.1, 0.15) is 15.9 Å². The summed E-state index contributed by atoms with van der Waals surface area (Å²) >= 11 is 9.26. The normalized spacial score (nSPS) is 10.2. The molecule has 2 rings (SSSR count). The number of halogens is 2. The maximum absolute atomic E-state index is 10.8. The molecule has 0 fully saturated rings. The van der Waals surface area contributed by atoms with Gasteiger partial charge in [-0.25, -0.2) is 0 Å². The Bertz CT molecular complexity index is 629. The Morgan fingerprint density at radius 3 is 2.60 bits per heavy atom. The van der Waals surface area contributed by atoms with Gasteiger partial charge in [0.25, 0.3) is 0 Å². The van der Waals surface area contributed by atoms with Crippen LogP contribution in [0.15, 0.2) is 40.9 Å². The van der Waals surface area contributed by atoms with Gasteiger partial charge in [0.2, 0.25) is 0 Å². The Morgan fingerprint density at radius 1 is 1.20 bits per heavy atom. The summed E-state index contributed by atoms with van der Waals surface area (Å²) in [7, 11) is 1.58. The first kappa shape index (κ1) is 14.9. The summed E-state index contributed by atoms with van der Waals surface area (Å²) in [6, 6.07) is 10.5.